The van der Waals surface area contributed by atoms with E-state index >= 15 is 0 Å². The van der Waals surface area contributed by atoms with Crippen LogP contribution in [0.3, 0.4) is 0 Å². The van der Waals surface area contributed by atoms with Gasteiger partial charge in [0, 0.05) is 29.4 Å². The maximum atomic E-state index is 12.0. The molecule has 0 saturated carbocycles. The third-order valence-electron chi connectivity index (χ3n) is 4.12. The van der Waals surface area contributed by atoms with Gasteiger partial charge in [0.25, 0.3) is 5.91 Å². The molecule has 0 aliphatic rings. The third-order valence-corrected chi connectivity index (χ3v) is 5.10. The summed E-state index contributed by atoms with van der Waals surface area (Å²) in [6.45, 7) is 0. The Labute approximate surface area is 173 Å². The zero-order valence-corrected chi connectivity index (χ0v) is 16.9. The van der Waals surface area contributed by atoms with Crippen molar-refractivity contribution in [3.8, 4) is 17.6 Å². The summed E-state index contributed by atoms with van der Waals surface area (Å²) in [6, 6.07) is 19.9. The second-order valence-electron chi connectivity index (χ2n) is 6.46. The number of nitrogen functional groups attached to an aromatic ring is 2. The van der Waals surface area contributed by atoms with Gasteiger partial charge in [-0.15, -0.1) is 0 Å². The van der Waals surface area contributed by atoms with E-state index < -0.39 is 0 Å². The third kappa shape index (κ3) is 4.62. The Morgan fingerprint density at radius 1 is 1.00 bits per heavy atom. The molecule has 0 aromatic heterocycles. The molecule has 3 aromatic carbocycles. The molecule has 0 saturated heterocycles. The molecule has 0 unspecified atom stereocenters. The zero-order valence-electron chi connectivity index (χ0n) is 16.0. The highest BCUT2D eigenvalue weighted by Crippen LogP contribution is 2.39. The number of amides is 1. The van der Waals surface area contributed by atoms with Crippen molar-refractivity contribution in [3.05, 3.63) is 71.8 Å². The number of para-hydroxylation sites is 1. The Morgan fingerprint density at radius 3 is 2.34 bits per heavy atom. The van der Waals surface area contributed by atoms with Crippen LogP contribution in [0, 0.1) is 11.3 Å². The van der Waals surface area contributed by atoms with Crippen LogP contribution in [0.25, 0.3) is 0 Å². The topological polar surface area (TPSA) is 105 Å². The van der Waals surface area contributed by atoms with Crippen molar-refractivity contribution in [3.63, 3.8) is 0 Å². The van der Waals surface area contributed by atoms with Crippen LogP contribution < -0.4 is 16.2 Å². The van der Waals surface area contributed by atoms with Crippen LogP contribution in [-0.4, -0.2) is 24.9 Å². The van der Waals surface area contributed by atoms with Crippen molar-refractivity contribution >= 4 is 29.0 Å². The van der Waals surface area contributed by atoms with Crippen molar-refractivity contribution in [1.29, 1.82) is 5.26 Å². The predicted molar refractivity (Wildman–Crippen MR) is 115 cm³/mol. The number of carbonyl (C=O) groups excluding carboxylic acids is 1. The van der Waals surface area contributed by atoms with Gasteiger partial charge in [0.05, 0.1) is 16.9 Å². The van der Waals surface area contributed by atoms with Gasteiger partial charge in [0.15, 0.2) is 5.75 Å². The fraction of sp³-hybridized carbons (Fsp3) is 0.0909. The van der Waals surface area contributed by atoms with Crippen molar-refractivity contribution in [1.82, 2.24) is 4.90 Å². The minimum Gasteiger partial charge on any atom is -0.454 e. The molecule has 0 radical (unpaired) electrons. The Balaban J connectivity index is 1.86. The minimum atomic E-state index is -0.0508. The lowest BCUT2D eigenvalue weighted by atomic mass is 10.2. The number of ether oxygens (including phenoxy) is 1. The normalized spacial score (nSPS) is 10.2. The second kappa shape index (κ2) is 8.59. The molecule has 146 valence electrons. The number of carbonyl (C=O) groups is 1. The van der Waals surface area contributed by atoms with Gasteiger partial charge >= 0.3 is 0 Å². The van der Waals surface area contributed by atoms with Crippen LogP contribution in [0.5, 0.6) is 11.5 Å². The first-order valence-corrected chi connectivity index (χ1v) is 9.56. The second-order valence-corrected chi connectivity index (χ2v) is 7.61. The maximum Gasteiger partial charge on any atom is 0.253 e. The Kier molecular flexibility index (Phi) is 5.96. The quantitative estimate of drug-likeness (QED) is 0.612. The number of nitrogens with zero attached hydrogens (tertiary/aromatic N) is 2. The molecular formula is C22H20N4O2S. The number of nitrogens with two attached hydrogens (primary N) is 2. The molecule has 0 bridgehead atoms. The molecule has 3 aromatic rings. The van der Waals surface area contributed by atoms with Crippen LogP contribution in [0.1, 0.15) is 15.9 Å². The predicted octanol–water partition coefficient (Wildman–Crippen LogP) is 4.37. The molecule has 0 spiro atoms. The molecule has 3 rings (SSSR count). The van der Waals surface area contributed by atoms with Gasteiger partial charge in [0.1, 0.15) is 11.8 Å². The first-order valence-electron chi connectivity index (χ1n) is 8.74. The Hall–Kier alpha value is -3.63. The SMILES string of the molecule is CN(C)C(=O)c1ccc(Sc2cc(N)c(N)c(Oc3ccccc3C#N)c2)cc1. The van der Waals surface area contributed by atoms with Crippen molar-refractivity contribution in [2.45, 2.75) is 9.79 Å². The van der Waals surface area contributed by atoms with E-state index in [1.807, 2.05) is 12.1 Å². The monoisotopic (exact) mass is 404 g/mol. The number of hydrogen-bond donors (Lipinski definition) is 2. The lowest BCUT2D eigenvalue weighted by molar-refractivity contribution is 0.0827. The molecule has 0 fully saturated rings. The molecule has 7 heteroatoms. The minimum absolute atomic E-state index is 0.0508. The van der Waals surface area contributed by atoms with Gasteiger partial charge in [-0.2, -0.15) is 5.26 Å². The largest absolute Gasteiger partial charge is 0.454 e. The van der Waals surface area contributed by atoms with Crippen molar-refractivity contribution in [2.24, 2.45) is 0 Å². The lowest BCUT2D eigenvalue weighted by Gasteiger charge is -2.14. The zero-order chi connectivity index (χ0) is 21.0. The standard InChI is InChI=1S/C22H20N4O2S/c1-26(2)22(27)14-7-9-16(10-8-14)29-17-11-18(24)21(25)20(12-17)28-19-6-4-3-5-15(19)13-23/h3-12H,24-25H2,1-2H3. The summed E-state index contributed by atoms with van der Waals surface area (Å²) in [5.74, 6) is 0.745. The van der Waals surface area contributed by atoms with Crippen molar-refractivity contribution < 1.29 is 9.53 Å². The summed E-state index contributed by atoms with van der Waals surface area (Å²) in [5, 5.41) is 9.25. The molecule has 0 aliphatic heterocycles. The van der Waals surface area contributed by atoms with Crippen LogP contribution in [-0.2, 0) is 0 Å². The number of hydrogen-bond acceptors (Lipinski definition) is 6. The van der Waals surface area contributed by atoms with Crippen LogP contribution in [0.2, 0.25) is 0 Å². The van der Waals surface area contributed by atoms with E-state index in [0.29, 0.717) is 34.0 Å². The molecule has 0 heterocycles. The maximum absolute atomic E-state index is 12.0. The highest BCUT2D eigenvalue weighted by atomic mass is 32.2. The van der Waals surface area contributed by atoms with Gasteiger partial charge in [0.2, 0.25) is 0 Å². The molecule has 0 aliphatic carbocycles. The molecule has 6 nitrogen and oxygen atoms in total. The fourth-order valence-electron chi connectivity index (χ4n) is 2.59. The smallest absolute Gasteiger partial charge is 0.253 e. The average Bonchev–Trinajstić information content (AvgIpc) is 2.72. The summed E-state index contributed by atoms with van der Waals surface area (Å²) < 4.78 is 5.88. The van der Waals surface area contributed by atoms with Gasteiger partial charge < -0.3 is 21.1 Å². The average molecular weight is 404 g/mol. The number of anilines is 2. The molecule has 0 atom stereocenters. The first kappa shape index (κ1) is 20.1. The summed E-state index contributed by atoms with van der Waals surface area (Å²) in [6.07, 6.45) is 0. The first-order chi connectivity index (χ1) is 13.9. The van der Waals surface area contributed by atoms with Gasteiger partial charge in [-0.25, -0.2) is 0 Å². The van der Waals surface area contributed by atoms with E-state index in [2.05, 4.69) is 6.07 Å². The highest BCUT2D eigenvalue weighted by molar-refractivity contribution is 7.99. The fourth-order valence-corrected chi connectivity index (χ4v) is 3.49. The van der Waals surface area contributed by atoms with E-state index in [4.69, 9.17) is 16.2 Å². The molecule has 1 amide bonds. The summed E-state index contributed by atoms with van der Waals surface area (Å²) in [5.41, 5.74) is 13.9. The van der Waals surface area contributed by atoms with E-state index in [-0.39, 0.29) is 5.91 Å². The Morgan fingerprint density at radius 2 is 1.69 bits per heavy atom. The van der Waals surface area contributed by atoms with E-state index in [1.165, 1.54) is 16.7 Å². The Bertz CT molecular complexity index is 1090. The number of benzene rings is 3. The van der Waals surface area contributed by atoms with Gasteiger partial charge in [-0.3, -0.25) is 4.79 Å². The summed E-state index contributed by atoms with van der Waals surface area (Å²) in [4.78, 5) is 15.3. The molecule has 29 heavy (non-hydrogen) atoms. The van der Waals surface area contributed by atoms with E-state index in [1.54, 1.807) is 62.6 Å². The summed E-state index contributed by atoms with van der Waals surface area (Å²) in [7, 11) is 3.43. The summed E-state index contributed by atoms with van der Waals surface area (Å²) >= 11 is 1.47. The molecule has 4 N–H and O–H groups in total. The lowest BCUT2D eigenvalue weighted by Crippen LogP contribution is -2.21. The van der Waals surface area contributed by atoms with Crippen molar-refractivity contribution in [2.75, 3.05) is 25.6 Å². The van der Waals surface area contributed by atoms with Crippen LogP contribution in [0.15, 0.2) is 70.5 Å². The van der Waals surface area contributed by atoms with E-state index in [0.717, 1.165) is 9.79 Å². The van der Waals surface area contributed by atoms with Crippen LogP contribution >= 0.6 is 11.8 Å². The molecular weight excluding hydrogens is 384 g/mol. The van der Waals surface area contributed by atoms with E-state index in [9.17, 15) is 10.1 Å². The van der Waals surface area contributed by atoms with Gasteiger partial charge in [-0.1, -0.05) is 23.9 Å². The number of nitriles is 1. The highest BCUT2D eigenvalue weighted by Gasteiger charge is 2.12. The number of rotatable bonds is 5. The van der Waals surface area contributed by atoms with Gasteiger partial charge in [-0.05, 0) is 48.5 Å². The van der Waals surface area contributed by atoms with Crippen LogP contribution in [0.4, 0.5) is 11.4 Å².